The molecule has 0 aliphatic carbocycles. The molecule has 1 aromatic heterocycles. The molecular formula is C7H7NO3. The van der Waals surface area contributed by atoms with E-state index in [0.717, 1.165) is 0 Å². The third kappa shape index (κ3) is 1.83. The number of carbonyl (C=O) groups is 1. The zero-order valence-corrected chi connectivity index (χ0v) is 5.64. The minimum Gasteiger partial charge on any atom is -0.363 e. The minimum absolute atomic E-state index is 0.0783. The minimum atomic E-state index is -1.62. The molecule has 0 aliphatic heterocycles. The SMILES string of the molecule is O=Cc1cccc(C(O)O)n1. The number of aldehydes is 1. The van der Waals surface area contributed by atoms with Gasteiger partial charge in [-0.2, -0.15) is 0 Å². The molecule has 0 amide bonds. The summed E-state index contributed by atoms with van der Waals surface area (Å²) in [6.45, 7) is 0. The van der Waals surface area contributed by atoms with E-state index in [9.17, 15) is 4.79 Å². The average molecular weight is 153 g/mol. The van der Waals surface area contributed by atoms with Crippen molar-refractivity contribution in [2.24, 2.45) is 0 Å². The van der Waals surface area contributed by atoms with Crippen molar-refractivity contribution in [3.63, 3.8) is 0 Å². The van der Waals surface area contributed by atoms with Crippen molar-refractivity contribution in [1.82, 2.24) is 4.98 Å². The van der Waals surface area contributed by atoms with Crippen LogP contribution >= 0.6 is 0 Å². The summed E-state index contributed by atoms with van der Waals surface area (Å²) in [6.07, 6.45) is -1.07. The van der Waals surface area contributed by atoms with E-state index in [1.165, 1.54) is 18.2 Å². The largest absolute Gasteiger partial charge is 0.363 e. The summed E-state index contributed by atoms with van der Waals surface area (Å²) < 4.78 is 0. The van der Waals surface area contributed by atoms with Crippen molar-refractivity contribution >= 4 is 6.29 Å². The van der Waals surface area contributed by atoms with E-state index in [0.29, 0.717) is 6.29 Å². The second-order valence-electron chi connectivity index (χ2n) is 1.98. The summed E-state index contributed by atoms with van der Waals surface area (Å²) in [5.74, 6) is 0. The molecule has 0 aromatic carbocycles. The Morgan fingerprint density at radius 3 is 2.73 bits per heavy atom. The molecule has 0 fully saturated rings. The lowest BCUT2D eigenvalue weighted by molar-refractivity contribution is -0.0458. The summed E-state index contributed by atoms with van der Waals surface area (Å²) in [4.78, 5) is 13.8. The zero-order valence-electron chi connectivity index (χ0n) is 5.64. The molecule has 1 heterocycles. The molecule has 1 rings (SSSR count). The average Bonchev–Trinajstić information content (AvgIpc) is 2.05. The van der Waals surface area contributed by atoms with Crippen LogP contribution in [-0.4, -0.2) is 21.5 Å². The number of hydrogen-bond acceptors (Lipinski definition) is 4. The smallest absolute Gasteiger partial charge is 0.196 e. The van der Waals surface area contributed by atoms with Crippen molar-refractivity contribution < 1.29 is 15.0 Å². The number of rotatable bonds is 2. The van der Waals surface area contributed by atoms with Crippen LogP contribution in [0.15, 0.2) is 18.2 Å². The summed E-state index contributed by atoms with van der Waals surface area (Å²) >= 11 is 0. The molecule has 1 aromatic rings. The van der Waals surface area contributed by atoms with Gasteiger partial charge < -0.3 is 10.2 Å². The molecule has 0 saturated heterocycles. The zero-order chi connectivity index (χ0) is 8.27. The van der Waals surface area contributed by atoms with Gasteiger partial charge in [-0.1, -0.05) is 6.07 Å². The van der Waals surface area contributed by atoms with Crippen LogP contribution in [0.3, 0.4) is 0 Å². The lowest BCUT2D eigenvalue weighted by atomic mass is 10.3. The van der Waals surface area contributed by atoms with Gasteiger partial charge >= 0.3 is 0 Å². The summed E-state index contributed by atoms with van der Waals surface area (Å²) in [5.41, 5.74) is 0.269. The van der Waals surface area contributed by atoms with Crippen molar-refractivity contribution in [2.45, 2.75) is 6.29 Å². The van der Waals surface area contributed by atoms with Crippen LogP contribution in [0.2, 0.25) is 0 Å². The molecule has 2 N–H and O–H groups in total. The van der Waals surface area contributed by atoms with Crippen molar-refractivity contribution in [3.05, 3.63) is 29.6 Å². The summed E-state index contributed by atoms with van der Waals surface area (Å²) in [5, 5.41) is 17.2. The maximum Gasteiger partial charge on any atom is 0.196 e. The van der Waals surface area contributed by atoms with Gasteiger partial charge in [-0.25, -0.2) is 4.98 Å². The first-order valence-electron chi connectivity index (χ1n) is 3.02. The second kappa shape index (κ2) is 3.23. The number of carbonyl (C=O) groups excluding carboxylic acids is 1. The predicted octanol–water partition coefficient (Wildman–Crippen LogP) is -0.123. The van der Waals surface area contributed by atoms with E-state index in [1.54, 1.807) is 0 Å². The van der Waals surface area contributed by atoms with Gasteiger partial charge in [0.2, 0.25) is 0 Å². The number of nitrogens with zero attached hydrogens (tertiary/aromatic N) is 1. The van der Waals surface area contributed by atoms with Crippen LogP contribution in [0, 0.1) is 0 Å². The number of pyridine rings is 1. The molecule has 0 radical (unpaired) electrons. The Hall–Kier alpha value is -1.26. The Morgan fingerprint density at radius 2 is 2.18 bits per heavy atom. The maximum absolute atomic E-state index is 10.2. The fourth-order valence-electron chi connectivity index (χ4n) is 0.678. The molecular weight excluding hydrogens is 146 g/mol. The van der Waals surface area contributed by atoms with E-state index >= 15 is 0 Å². The molecule has 0 saturated carbocycles. The highest BCUT2D eigenvalue weighted by molar-refractivity contribution is 5.71. The number of aromatic nitrogens is 1. The Morgan fingerprint density at radius 1 is 1.45 bits per heavy atom. The highest BCUT2D eigenvalue weighted by Gasteiger charge is 2.03. The molecule has 58 valence electrons. The van der Waals surface area contributed by atoms with Gasteiger partial charge in [-0.05, 0) is 12.1 Å². The van der Waals surface area contributed by atoms with Gasteiger partial charge in [0.1, 0.15) is 5.69 Å². The third-order valence-corrected chi connectivity index (χ3v) is 1.18. The standard InChI is InChI=1S/C7H7NO3/c9-4-5-2-1-3-6(8-5)7(10)11/h1-4,7,10-11H. The van der Waals surface area contributed by atoms with Gasteiger partial charge in [0.15, 0.2) is 12.6 Å². The van der Waals surface area contributed by atoms with Crippen molar-refractivity contribution in [1.29, 1.82) is 0 Å². The fraction of sp³-hybridized carbons (Fsp3) is 0.143. The molecule has 0 bridgehead atoms. The first-order chi connectivity index (χ1) is 5.24. The van der Waals surface area contributed by atoms with Crippen LogP contribution in [0.25, 0.3) is 0 Å². The van der Waals surface area contributed by atoms with Crippen LogP contribution in [0.4, 0.5) is 0 Å². The Kier molecular flexibility index (Phi) is 2.30. The fourth-order valence-corrected chi connectivity index (χ4v) is 0.678. The lowest BCUT2D eigenvalue weighted by Gasteiger charge is -2.01. The maximum atomic E-state index is 10.2. The Labute approximate surface area is 63.1 Å². The summed E-state index contributed by atoms with van der Waals surface area (Å²) in [7, 11) is 0. The van der Waals surface area contributed by atoms with E-state index in [2.05, 4.69) is 4.98 Å². The van der Waals surface area contributed by atoms with Crippen LogP contribution < -0.4 is 0 Å². The van der Waals surface area contributed by atoms with E-state index < -0.39 is 6.29 Å². The van der Waals surface area contributed by atoms with Crippen molar-refractivity contribution in [2.75, 3.05) is 0 Å². The van der Waals surface area contributed by atoms with Gasteiger partial charge in [-0.3, -0.25) is 4.79 Å². The van der Waals surface area contributed by atoms with Crippen LogP contribution in [0.1, 0.15) is 22.5 Å². The van der Waals surface area contributed by atoms with Crippen LogP contribution in [0.5, 0.6) is 0 Å². The molecule has 11 heavy (non-hydrogen) atoms. The number of aliphatic hydroxyl groups excluding tert-OH is 1. The normalized spacial score (nSPS) is 10.1. The number of aliphatic hydroxyl groups is 2. The van der Waals surface area contributed by atoms with Crippen LogP contribution in [-0.2, 0) is 0 Å². The van der Waals surface area contributed by atoms with E-state index in [1.807, 2.05) is 0 Å². The van der Waals surface area contributed by atoms with Gasteiger partial charge in [-0.15, -0.1) is 0 Å². The molecule has 0 unspecified atom stereocenters. The van der Waals surface area contributed by atoms with Gasteiger partial charge in [0, 0.05) is 0 Å². The summed E-state index contributed by atoms with van der Waals surface area (Å²) in [6, 6.07) is 4.45. The Balaban J connectivity index is 3.00. The van der Waals surface area contributed by atoms with Gasteiger partial charge in [0.25, 0.3) is 0 Å². The predicted molar refractivity (Wildman–Crippen MR) is 36.8 cm³/mol. The monoisotopic (exact) mass is 153 g/mol. The highest BCUT2D eigenvalue weighted by Crippen LogP contribution is 2.05. The van der Waals surface area contributed by atoms with E-state index in [4.69, 9.17) is 10.2 Å². The van der Waals surface area contributed by atoms with Crippen molar-refractivity contribution in [3.8, 4) is 0 Å². The molecule has 4 nitrogen and oxygen atoms in total. The molecule has 4 heteroatoms. The molecule has 0 spiro atoms. The quantitative estimate of drug-likeness (QED) is 0.459. The molecule has 0 atom stereocenters. The topological polar surface area (TPSA) is 70.4 Å². The highest BCUT2D eigenvalue weighted by atomic mass is 16.5. The lowest BCUT2D eigenvalue weighted by Crippen LogP contribution is -2.00. The van der Waals surface area contributed by atoms with E-state index in [-0.39, 0.29) is 11.4 Å². The number of hydrogen-bond donors (Lipinski definition) is 2. The first-order valence-corrected chi connectivity index (χ1v) is 3.02. The third-order valence-electron chi connectivity index (χ3n) is 1.18. The first kappa shape index (κ1) is 7.84. The molecule has 0 aliphatic rings. The van der Waals surface area contributed by atoms with Gasteiger partial charge in [0.05, 0.1) is 5.69 Å². The Bertz CT molecular complexity index is 260. The second-order valence-corrected chi connectivity index (χ2v) is 1.98.